The van der Waals surface area contributed by atoms with Gasteiger partial charge in [0.1, 0.15) is 11.5 Å². The summed E-state index contributed by atoms with van der Waals surface area (Å²) in [6.45, 7) is 0. The number of hydrogen-bond acceptors (Lipinski definition) is 7. The standard InChI is InChI=1S/C22H18N6O4S/c29-20(11-13-6-8-14(9-7-13)28(31)32)24-19-12-17(18-5-2-10-33-18)26-27(19)22-23-16-4-1-3-15(16)21(30)25-22/h2,5-10,12H,1,3-4,11H2,(H,24,29)(H,23,25,30). The van der Waals surface area contributed by atoms with Crippen LogP contribution in [0.3, 0.4) is 0 Å². The number of aromatic nitrogens is 4. The highest BCUT2D eigenvalue weighted by Gasteiger charge is 2.21. The molecule has 0 atom stereocenters. The van der Waals surface area contributed by atoms with E-state index in [2.05, 4.69) is 20.4 Å². The molecule has 1 aliphatic carbocycles. The summed E-state index contributed by atoms with van der Waals surface area (Å²) >= 11 is 1.51. The molecular weight excluding hydrogens is 444 g/mol. The van der Waals surface area contributed by atoms with Crippen LogP contribution in [0.15, 0.2) is 52.6 Å². The van der Waals surface area contributed by atoms with Crippen LogP contribution in [-0.2, 0) is 24.1 Å². The molecule has 0 radical (unpaired) electrons. The van der Waals surface area contributed by atoms with E-state index in [0.717, 1.165) is 23.4 Å². The fraction of sp³-hybridized carbons (Fsp3) is 0.182. The average Bonchev–Trinajstić information content (AvgIpc) is 3.54. The molecule has 11 heteroatoms. The predicted octanol–water partition coefficient (Wildman–Crippen LogP) is 3.26. The van der Waals surface area contributed by atoms with E-state index in [4.69, 9.17) is 0 Å². The van der Waals surface area contributed by atoms with Crippen molar-refractivity contribution < 1.29 is 9.72 Å². The number of aromatic amines is 1. The highest BCUT2D eigenvalue weighted by Crippen LogP contribution is 2.28. The zero-order valence-electron chi connectivity index (χ0n) is 17.3. The van der Waals surface area contributed by atoms with Crippen LogP contribution >= 0.6 is 11.3 Å². The molecule has 0 aliphatic heterocycles. The van der Waals surface area contributed by atoms with Crippen LogP contribution < -0.4 is 10.9 Å². The lowest BCUT2D eigenvalue weighted by atomic mass is 10.1. The predicted molar refractivity (Wildman–Crippen MR) is 123 cm³/mol. The lowest BCUT2D eigenvalue weighted by Crippen LogP contribution is -2.21. The molecule has 0 spiro atoms. The number of non-ortho nitro benzene ring substituents is 1. The monoisotopic (exact) mass is 462 g/mol. The number of nitro groups is 1. The Hall–Kier alpha value is -4.12. The summed E-state index contributed by atoms with van der Waals surface area (Å²) in [5.41, 5.74) is 2.50. The lowest BCUT2D eigenvalue weighted by Gasteiger charge is -2.09. The van der Waals surface area contributed by atoms with Crippen LogP contribution in [0.5, 0.6) is 0 Å². The summed E-state index contributed by atoms with van der Waals surface area (Å²) in [6.07, 6.45) is 2.34. The minimum absolute atomic E-state index is 0.0195. The van der Waals surface area contributed by atoms with Crippen molar-refractivity contribution in [2.45, 2.75) is 25.7 Å². The molecule has 3 heterocycles. The highest BCUT2D eigenvalue weighted by molar-refractivity contribution is 7.13. The average molecular weight is 462 g/mol. The Morgan fingerprint density at radius 1 is 1.24 bits per heavy atom. The molecule has 0 unspecified atom stereocenters. The van der Waals surface area contributed by atoms with Crippen molar-refractivity contribution >= 4 is 28.7 Å². The first-order chi connectivity index (χ1) is 16.0. The SMILES string of the molecule is O=C(Cc1ccc([N+](=O)[O-])cc1)Nc1cc(-c2cccs2)nn1-c1nc2c(c(=O)[nH]1)CCC2. The van der Waals surface area contributed by atoms with Gasteiger partial charge in [0.15, 0.2) is 0 Å². The Kier molecular flexibility index (Phi) is 5.31. The van der Waals surface area contributed by atoms with Gasteiger partial charge in [-0.05, 0) is 36.3 Å². The lowest BCUT2D eigenvalue weighted by molar-refractivity contribution is -0.384. The number of nitrogens with one attached hydrogen (secondary N) is 2. The Bertz CT molecular complexity index is 1410. The van der Waals surface area contributed by atoms with Crippen molar-refractivity contribution in [2.75, 3.05) is 5.32 Å². The first kappa shape index (κ1) is 20.8. The minimum atomic E-state index is -0.487. The number of H-pyrrole nitrogens is 1. The summed E-state index contributed by atoms with van der Waals surface area (Å²) in [7, 11) is 0. The highest BCUT2D eigenvalue weighted by atomic mass is 32.1. The van der Waals surface area contributed by atoms with E-state index in [1.54, 1.807) is 18.2 Å². The molecule has 33 heavy (non-hydrogen) atoms. The Balaban J connectivity index is 1.46. The summed E-state index contributed by atoms with van der Waals surface area (Å²) < 4.78 is 1.43. The number of rotatable bonds is 6. The molecule has 1 amide bonds. The largest absolute Gasteiger partial charge is 0.310 e. The number of aryl methyl sites for hydroxylation is 1. The van der Waals surface area contributed by atoms with E-state index >= 15 is 0 Å². The molecule has 0 fully saturated rings. The van der Waals surface area contributed by atoms with Gasteiger partial charge < -0.3 is 5.32 Å². The molecular formula is C22H18N6O4S. The summed E-state index contributed by atoms with van der Waals surface area (Å²) in [5, 5.41) is 20.2. The van der Waals surface area contributed by atoms with E-state index in [-0.39, 0.29) is 29.5 Å². The third kappa shape index (κ3) is 4.17. The first-order valence-electron chi connectivity index (χ1n) is 10.3. The molecule has 5 rings (SSSR count). The van der Waals surface area contributed by atoms with Crippen molar-refractivity contribution in [3.8, 4) is 16.5 Å². The zero-order chi connectivity index (χ0) is 22.9. The van der Waals surface area contributed by atoms with Crippen LogP contribution in [-0.4, -0.2) is 30.6 Å². The van der Waals surface area contributed by atoms with Crippen molar-refractivity contribution in [3.63, 3.8) is 0 Å². The topological polar surface area (TPSA) is 136 Å². The number of nitrogens with zero attached hydrogens (tertiary/aromatic N) is 4. The number of carbonyl (C=O) groups is 1. The molecule has 0 bridgehead atoms. The van der Waals surface area contributed by atoms with E-state index in [1.807, 2.05) is 17.5 Å². The van der Waals surface area contributed by atoms with Gasteiger partial charge in [-0.1, -0.05) is 18.2 Å². The van der Waals surface area contributed by atoms with Crippen LogP contribution in [0.25, 0.3) is 16.5 Å². The second kappa shape index (κ2) is 8.43. The molecule has 10 nitrogen and oxygen atoms in total. The van der Waals surface area contributed by atoms with E-state index in [1.165, 1.54) is 28.2 Å². The first-order valence-corrected chi connectivity index (χ1v) is 11.2. The third-order valence-corrected chi connectivity index (χ3v) is 6.28. The number of nitro benzene ring substituents is 1. The zero-order valence-corrected chi connectivity index (χ0v) is 18.1. The number of amides is 1. The van der Waals surface area contributed by atoms with Crippen LogP contribution in [0.1, 0.15) is 23.2 Å². The molecule has 166 valence electrons. The normalized spacial score (nSPS) is 12.5. The second-order valence-corrected chi connectivity index (χ2v) is 8.57. The maximum absolute atomic E-state index is 12.8. The van der Waals surface area contributed by atoms with Gasteiger partial charge in [-0.3, -0.25) is 24.7 Å². The van der Waals surface area contributed by atoms with Crippen LogP contribution in [0, 0.1) is 10.1 Å². The van der Waals surface area contributed by atoms with Gasteiger partial charge in [0.05, 0.1) is 21.9 Å². The minimum Gasteiger partial charge on any atom is -0.310 e. The maximum Gasteiger partial charge on any atom is 0.269 e. The fourth-order valence-corrected chi connectivity index (χ4v) is 4.49. The van der Waals surface area contributed by atoms with Crippen molar-refractivity contribution in [1.29, 1.82) is 0 Å². The molecule has 1 aliphatic rings. The second-order valence-electron chi connectivity index (χ2n) is 7.62. The maximum atomic E-state index is 12.8. The third-order valence-electron chi connectivity index (χ3n) is 5.39. The number of benzene rings is 1. The van der Waals surface area contributed by atoms with Gasteiger partial charge in [-0.2, -0.15) is 9.78 Å². The summed E-state index contributed by atoms with van der Waals surface area (Å²) in [5.74, 6) is 0.284. The Labute approximate surface area is 191 Å². The number of hydrogen-bond donors (Lipinski definition) is 2. The van der Waals surface area contributed by atoms with Crippen LogP contribution in [0.4, 0.5) is 11.5 Å². The molecule has 2 N–H and O–H groups in total. The van der Waals surface area contributed by atoms with Gasteiger partial charge in [-0.15, -0.1) is 11.3 Å². The quantitative estimate of drug-likeness (QED) is 0.333. The van der Waals surface area contributed by atoms with Crippen molar-refractivity contribution in [3.05, 3.63) is 85.1 Å². The van der Waals surface area contributed by atoms with Gasteiger partial charge in [-0.25, -0.2) is 4.98 Å². The van der Waals surface area contributed by atoms with Gasteiger partial charge in [0.2, 0.25) is 11.9 Å². The Morgan fingerprint density at radius 3 is 2.79 bits per heavy atom. The molecule has 3 aromatic heterocycles. The molecule has 0 saturated carbocycles. The van der Waals surface area contributed by atoms with Gasteiger partial charge >= 0.3 is 0 Å². The van der Waals surface area contributed by atoms with Gasteiger partial charge in [0, 0.05) is 23.8 Å². The van der Waals surface area contributed by atoms with Crippen molar-refractivity contribution in [2.24, 2.45) is 0 Å². The molecule has 4 aromatic rings. The smallest absolute Gasteiger partial charge is 0.269 e. The van der Waals surface area contributed by atoms with Crippen molar-refractivity contribution in [1.82, 2.24) is 19.7 Å². The van der Waals surface area contributed by atoms with Crippen LogP contribution in [0.2, 0.25) is 0 Å². The van der Waals surface area contributed by atoms with E-state index in [0.29, 0.717) is 29.1 Å². The van der Waals surface area contributed by atoms with Gasteiger partial charge in [0.25, 0.3) is 11.2 Å². The summed E-state index contributed by atoms with van der Waals surface area (Å²) in [4.78, 5) is 43.9. The number of carbonyl (C=O) groups excluding carboxylic acids is 1. The molecule has 0 saturated heterocycles. The Morgan fingerprint density at radius 2 is 2.06 bits per heavy atom. The van der Waals surface area contributed by atoms with E-state index < -0.39 is 4.92 Å². The van der Waals surface area contributed by atoms with E-state index in [9.17, 15) is 19.7 Å². The fourth-order valence-electron chi connectivity index (χ4n) is 3.81. The number of anilines is 1. The summed E-state index contributed by atoms with van der Waals surface area (Å²) in [6, 6.07) is 11.4. The molecule has 1 aromatic carbocycles. The number of fused-ring (bicyclic) bond motifs is 1. The number of thiophene rings is 1.